The Morgan fingerprint density at radius 2 is 1.74 bits per heavy atom. The van der Waals surface area contributed by atoms with Crippen LogP contribution >= 0.6 is 0 Å². The molecule has 0 radical (unpaired) electrons. The fraction of sp³-hybridized carbons (Fsp3) is 0.269. The first-order valence-electron chi connectivity index (χ1n) is 10.8. The first-order chi connectivity index (χ1) is 16.7. The number of ketones is 1. The third-order valence-corrected chi connectivity index (χ3v) is 5.31. The van der Waals surface area contributed by atoms with Crippen molar-refractivity contribution in [2.45, 2.75) is 20.8 Å². The molecule has 0 fully saturated rings. The number of carbonyl (C=O) groups is 4. The number of hydrogen-bond donors (Lipinski definition) is 0. The molecule has 9 nitrogen and oxygen atoms in total. The molecule has 3 rings (SSSR count). The number of nitriles is 1. The van der Waals surface area contributed by atoms with E-state index in [1.807, 2.05) is 6.07 Å². The largest absolute Gasteiger partial charge is 0.463 e. The van der Waals surface area contributed by atoms with E-state index in [0.29, 0.717) is 17.1 Å². The van der Waals surface area contributed by atoms with Gasteiger partial charge in [-0.05, 0) is 37.6 Å². The number of hydrogen-bond acceptors (Lipinski definition) is 8. The standard InChI is InChI=1S/C26H24N2O7/c1-16-22(14-21-8-9-24(35-21)20-6-4-19(5-7-20)17(2)29)25(31)28(26(32)23(16)15-27)10-11-33-12-13-34-18(3)30/h4-9,14H,10-13H2,1-3H3/b22-14+. The highest BCUT2D eigenvalue weighted by atomic mass is 16.6. The van der Waals surface area contributed by atoms with Crippen LogP contribution in [0.2, 0.25) is 0 Å². The van der Waals surface area contributed by atoms with E-state index in [0.717, 1.165) is 10.5 Å². The first-order valence-corrected chi connectivity index (χ1v) is 10.8. The summed E-state index contributed by atoms with van der Waals surface area (Å²) in [5.74, 6) is -0.839. The number of imide groups is 1. The number of amides is 2. The van der Waals surface area contributed by atoms with Gasteiger partial charge in [-0.25, -0.2) is 0 Å². The summed E-state index contributed by atoms with van der Waals surface area (Å²) in [6.07, 6.45) is 1.49. The van der Waals surface area contributed by atoms with E-state index in [-0.39, 0.29) is 48.9 Å². The average molecular weight is 476 g/mol. The van der Waals surface area contributed by atoms with Crippen LogP contribution < -0.4 is 0 Å². The van der Waals surface area contributed by atoms with Crippen LogP contribution in [-0.4, -0.2) is 54.8 Å². The monoisotopic (exact) mass is 476 g/mol. The van der Waals surface area contributed by atoms with Crippen LogP contribution in [0.15, 0.2) is 57.5 Å². The molecule has 1 aromatic carbocycles. The van der Waals surface area contributed by atoms with Crippen molar-refractivity contribution in [3.05, 3.63) is 64.4 Å². The minimum atomic E-state index is -0.693. The third kappa shape index (κ3) is 5.99. The van der Waals surface area contributed by atoms with Crippen molar-refractivity contribution in [1.29, 1.82) is 5.26 Å². The number of carbonyl (C=O) groups excluding carboxylic acids is 4. The van der Waals surface area contributed by atoms with Gasteiger partial charge in [-0.3, -0.25) is 24.1 Å². The van der Waals surface area contributed by atoms with Crippen LogP contribution in [0.1, 0.15) is 36.9 Å². The van der Waals surface area contributed by atoms with E-state index in [9.17, 15) is 24.4 Å². The van der Waals surface area contributed by atoms with Gasteiger partial charge in [-0.2, -0.15) is 5.26 Å². The highest BCUT2D eigenvalue weighted by molar-refractivity contribution is 6.19. The Morgan fingerprint density at radius 3 is 2.37 bits per heavy atom. The maximum Gasteiger partial charge on any atom is 0.302 e. The lowest BCUT2D eigenvalue weighted by molar-refractivity contribution is -0.142. The second kappa shape index (κ2) is 11.2. The maximum atomic E-state index is 13.1. The van der Waals surface area contributed by atoms with Gasteiger partial charge in [-0.15, -0.1) is 0 Å². The van der Waals surface area contributed by atoms with Gasteiger partial charge in [0.1, 0.15) is 29.8 Å². The lowest BCUT2D eigenvalue weighted by Gasteiger charge is -2.27. The lowest BCUT2D eigenvalue weighted by Crippen LogP contribution is -2.44. The molecule has 0 atom stereocenters. The van der Waals surface area contributed by atoms with Crippen LogP contribution in [-0.2, 0) is 23.9 Å². The molecule has 0 saturated carbocycles. The summed E-state index contributed by atoms with van der Waals surface area (Å²) >= 11 is 0. The van der Waals surface area contributed by atoms with Gasteiger partial charge in [0, 0.05) is 23.6 Å². The van der Waals surface area contributed by atoms with Crippen LogP contribution in [0.4, 0.5) is 0 Å². The Balaban J connectivity index is 1.79. The van der Waals surface area contributed by atoms with Crippen molar-refractivity contribution in [2.75, 3.05) is 26.4 Å². The third-order valence-electron chi connectivity index (χ3n) is 5.31. The van der Waals surface area contributed by atoms with Gasteiger partial charge in [0.05, 0.1) is 19.8 Å². The van der Waals surface area contributed by atoms with Crippen molar-refractivity contribution < 1.29 is 33.1 Å². The van der Waals surface area contributed by atoms with Crippen LogP contribution in [0, 0.1) is 11.3 Å². The summed E-state index contributed by atoms with van der Waals surface area (Å²) in [6, 6.07) is 12.2. The normalized spacial score (nSPS) is 14.9. The molecule has 9 heteroatoms. The van der Waals surface area contributed by atoms with E-state index in [1.54, 1.807) is 36.4 Å². The second-order valence-corrected chi connectivity index (χ2v) is 7.72. The Morgan fingerprint density at radius 1 is 1.03 bits per heavy atom. The van der Waals surface area contributed by atoms with E-state index < -0.39 is 17.8 Å². The molecule has 0 unspecified atom stereocenters. The number of rotatable bonds is 9. The van der Waals surface area contributed by atoms with Crippen LogP contribution in [0.25, 0.3) is 17.4 Å². The Bertz CT molecular complexity index is 1260. The molecule has 1 aliphatic rings. The highest BCUT2D eigenvalue weighted by Crippen LogP contribution is 2.29. The summed E-state index contributed by atoms with van der Waals surface area (Å²) in [7, 11) is 0. The molecular weight excluding hydrogens is 452 g/mol. The molecular formula is C26H24N2O7. The molecule has 0 N–H and O–H groups in total. The molecule has 35 heavy (non-hydrogen) atoms. The Labute approximate surface area is 202 Å². The molecule has 0 aliphatic carbocycles. The lowest BCUT2D eigenvalue weighted by atomic mass is 9.94. The maximum absolute atomic E-state index is 13.1. The SMILES string of the molecule is CC(=O)OCCOCCN1C(=O)C(C#N)=C(C)/C(=C\c2ccc(-c3ccc(C(C)=O)cc3)o2)C1=O. The molecule has 2 heterocycles. The number of ether oxygens (including phenoxy) is 2. The Hall–Kier alpha value is -4.29. The van der Waals surface area contributed by atoms with Gasteiger partial charge in [0.25, 0.3) is 11.8 Å². The zero-order valence-electron chi connectivity index (χ0n) is 19.6. The fourth-order valence-corrected chi connectivity index (χ4v) is 3.43. The van der Waals surface area contributed by atoms with Crippen molar-refractivity contribution in [1.82, 2.24) is 4.90 Å². The number of benzene rings is 1. The summed E-state index contributed by atoms with van der Waals surface area (Å²) in [6.45, 7) is 4.43. The summed E-state index contributed by atoms with van der Waals surface area (Å²) in [4.78, 5) is 49.0. The first kappa shape index (κ1) is 25.3. The minimum Gasteiger partial charge on any atom is -0.463 e. The number of Topliss-reactive ketones (excluding diaryl/α,β-unsaturated/α-hetero) is 1. The van der Waals surface area contributed by atoms with Gasteiger partial charge < -0.3 is 13.9 Å². The topological polar surface area (TPSA) is 127 Å². The molecule has 0 saturated heterocycles. The molecule has 0 bridgehead atoms. The van der Waals surface area contributed by atoms with Crippen molar-refractivity contribution >= 4 is 29.6 Å². The quantitative estimate of drug-likeness (QED) is 0.177. The number of esters is 1. The van der Waals surface area contributed by atoms with Gasteiger partial charge in [0.15, 0.2) is 5.78 Å². The molecule has 1 aliphatic heterocycles. The van der Waals surface area contributed by atoms with Gasteiger partial charge in [0.2, 0.25) is 0 Å². The van der Waals surface area contributed by atoms with Gasteiger partial charge >= 0.3 is 5.97 Å². The number of nitrogens with zero attached hydrogens (tertiary/aromatic N) is 2. The predicted molar refractivity (Wildman–Crippen MR) is 125 cm³/mol. The molecule has 2 amide bonds. The van der Waals surface area contributed by atoms with E-state index in [4.69, 9.17) is 13.9 Å². The summed E-state index contributed by atoms with van der Waals surface area (Å²) < 4.78 is 15.9. The van der Waals surface area contributed by atoms with Crippen LogP contribution in [0.5, 0.6) is 0 Å². The van der Waals surface area contributed by atoms with Gasteiger partial charge in [-0.1, -0.05) is 24.3 Å². The highest BCUT2D eigenvalue weighted by Gasteiger charge is 2.35. The van der Waals surface area contributed by atoms with Crippen molar-refractivity contribution in [2.24, 2.45) is 0 Å². The number of furan rings is 1. The minimum absolute atomic E-state index is 0.0188. The van der Waals surface area contributed by atoms with E-state index in [2.05, 4.69) is 0 Å². The molecule has 2 aromatic rings. The molecule has 180 valence electrons. The van der Waals surface area contributed by atoms with Crippen LogP contribution in [0.3, 0.4) is 0 Å². The average Bonchev–Trinajstić information content (AvgIpc) is 3.29. The second-order valence-electron chi connectivity index (χ2n) is 7.72. The van der Waals surface area contributed by atoms with Crippen molar-refractivity contribution in [3.8, 4) is 17.4 Å². The van der Waals surface area contributed by atoms with E-state index >= 15 is 0 Å². The zero-order valence-corrected chi connectivity index (χ0v) is 19.6. The fourth-order valence-electron chi connectivity index (χ4n) is 3.43. The molecule has 1 aromatic heterocycles. The zero-order chi connectivity index (χ0) is 25.5. The van der Waals surface area contributed by atoms with Crippen molar-refractivity contribution in [3.63, 3.8) is 0 Å². The predicted octanol–water partition coefficient (Wildman–Crippen LogP) is 3.32. The summed E-state index contributed by atoms with van der Waals surface area (Å²) in [5, 5.41) is 9.51. The smallest absolute Gasteiger partial charge is 0.302 e. The Kier molecular flexibility index (Phi) is 8.12. The summed E-state index contributed by atoms with van der Waals surface area (Å²) in [5.41, 5.74) is 1.62. The van der Waals surface area contributed by atoms with E-state index in [1.165, 1.54) is 26.8 Å². The molecule has 0 spiro atoms.